The maximum Gasteiger partial charge on any atom is 0.335 e. The van der Waals surface area contributed by atoms with Crippen LogP contribution >= 0.6 is 0 Å². The molecule has 4 aliphatic carbocycles. The molecule has 6 fully saturated rings. The molecule has 4 atom stereocenters. The van der Waals surface area contributed by atoms with E-state index >= 15 is 0 Å². The Bertz CT molecular complexity index is 4450. The van der Waals surface area contributed by atoms with E-state index in [-0.39, 0.29) is 36.2 Å². The molecule has 3 saturated carbocycles. The number of carbonyl (C=O) groups is 2. The van der Waals surface area contributed by atoms with Gasteiger partial charge in [0.1, 0.15) is 17.2 Å². The van der Waals surface area contributed by atoms with Gasteiger partial charge in [0.05, 0.1) is 50.8 Å². The molecular weight excluding hydrogens is 1230 g/mol. The fraction of sp³-hybridized carbons (Fsp3) is 0.463. The molecule has 98 heavy (non-hydrogen) atoms. The van der Waals surface area contributed by atoms with Crippen LogP contribution in [0.5, 0.6) is 17.2 Å². The third kappa shape index (κ3) is 12.9. The van der Waals surface area contributed by atoms with Crippen LogP contribution < -0.4 is 14.2 Å². The van der Waals surface area contributed by atoms with E-state index in [1.807, 2.05) is 30.6 Å². The van der Waals surface area contributed by atoms with Gasteiger partial charge in [-0.1, -0.05) is 36.4 Å². The lowest BCUT2D eigenvalue weighted by atomic mass is 9.75. The molecule has 512 valence electrons. The van der Waals surface area contributed by atoms with E-state index in [1.165, 1.54) is 66.2 Å². The SMILES string of the molecule is COc1cc(C)c2[nH]ccc2c1CN1CCN(CC2CC2)C[C@H]1c1ccc(CO)c(Cc2cc(OC)c(CN3CCN(CC4CC4)C[C@H]3c3ccc(C(=O)O)c4c3CCC(c3cc(OC)c(CN5CCN(CC6CC6)C[C@H]5c5ccc(C(=O)O)cc5)c5cn[nH]c35)C4)c3cc[nH]c23)c1. The molecule has 0 spiro atoms. The van der Waals surface area contributed by atoms with Crippen molar-refractivity contribution in [1.29, 1.82) is 0 Å². The second-order valence-electron chi connectivity index (χ2n) is 29.7. The van der Waals surface area contributed by atoms with Crippen molar-refractivity contribution in [2.24, 2.45) is 17.8 Å². The minimum absolute atomic E-state index is 0.00207. The first-order valence-electron chi connectivity index (χ1n) is 36.0. The van der Waals surface area contributed by atoms with Crippen molar-refractivity contribution in [3.63, 3.8) is 0 Å². The number of aromatic amines is 3. The molecule has 7 aliphatic rings. The number of aliphatic hydroxyl groups excluding tert-OH is 1. The number of ether oxygens (including phenoxy) is 3. The Hall–Kier alpha value is -8.07. The molecule has 6 N–H and O–H groups in total. The molecule has 18 heteroatoms. The normalized spacial score (nSPS) is 21.7. The Morgan fingerprint density at radius 3 is 1.67 bits per heavy atom. The molecule has 0 bridgehead atoms. The number of carboxylic acids is 2. The number of fused-ring (bicyclic) bond motifs is 4. The average Bonchev–Trinajstić information content (AvgIpc) is 0.841. The van der Waals surface area contributed by atoms with Crippen LogP contribution in [0.15, 0.2) is 104 Å². The summed E-state index contributed by atoms with van der Waals surface area (Å²) in [6.45, 7) is 15.6. The number of benzene rings is 6. The van der Waals surface area contributed by atoms with E-state index in [2.05, 4.69) is 112 Å². The van der Waals surface area contributed by atoms with Gasteiger partial charge in [-0.05, 0) is 193 Å². The number of piperazine rings is 3. The maximum absolute atomic E-state index is 13.5. The minimum Gasteiger partial charge on any atom is -0.496 e. The lowest BCUT2D eigenvalue weighted by Gasteiger charge is -2.43. The molecule has 18 nitrogen and oxygen atoms in total. The number of rotatable bonds is 24. The summed E-state index contributed by atoms with van der Waals surface area (Å²) >= 11 is 0. The largest absolute Gasteiger partial charge is 0.496 e. The Morgan fingerprint density at radius 1 is 0.531 bits per heavy atom. The van der Waals surface area contributed by atoms with Crippen molar-refractivity contribution >= 4 is 44.6 Å². The molecule has 9 aromatic rings. The zero-order chi connectivity index (χ0) is 66.9. The Morgan fingerprint density at radius 2 is 1.08 bits per heavy atom. The monoisotopic (exact) mass is 1320 g/mol. The van der Waals surface area contributed by atoms with Crippen molar-refractivity contribution in [2.75, 3.05) is 99.9 Å². The molecule has 3 aromatic heterocycles. The van der Waals surface area contributed by atoms with Gasteiger partial charge in [0.2, 0.25) is 0 Å². The van der Waals surface area contributed by atoms with Crippen LogP contribution in [0.2, 0.25) is 0 Å². The molecule has 3 aliphatic heterocycles. The lowest BCUT2D eigenvalue weighted by Crippen LogP contribution is -2.49. The number of hydrogen-bond donors (Lipinski definition) is 6. The standard InChI is InChI=1S/C80H94N10O8/c1-48-31-73(96-2)67(61-21-23-81-76(48)61)41-89-29-26-86(39-50-7-8-50)45-71(89)55-15-16-56(47-91)57(32-55)33-58-35-74(97-3)68(62-22-24-82-77(58)62)42-90-30-27-87(40-51-9-10-51)46-72(90)60-19-20-63(80(94)95)65-34-54(17-18-59(60)65)64-36-75(98-4)69(66-37-83-84-78(64)66)43-88-28-25-85(38-49-5-6-49)44-70(88)52-11-13-53(14-12-52)79(92)93/h11-16,19-24,31-32,35-37,49-51,54,70-72,81-82,91H,5-10,17-18,25-30,33-34,38-47H2,1-4H3,(H,83,84)(H,92,93)(H,94,95)/t54?,70-,71-,72-/m0/s1. The number of aryl methyl sites for hydroxylation is 1. The number of methoxy groups -OCH3 is 3. The maximum atomic E-state index is 13.5. The summed E-state index contributed by atoms with van der Waals surface area (Å²) in [7, 11) is 5.32. The summed E-state index contributed by atoms with van der Waals surface area (Å²) in [5.41, 5.74) is 18.2. The van der Waals surface area contributed by atoms with Gasteiger partial charge in [-0.25, -0.2) is 9.59 Å². The van der Waals surface area contributed by atoms with Crippen molar-refractivity contribution < 1.29 is 39.1 Å². The van der Waals surface area contributed by atoms with Crippen molar-refractivity contribution in [1.82, 2.24) is 49.6 Å². The predicted octanol–water partition coefficient (Wildman–Crippen LogP) is 12.4. The summed E-state index contributed by atoms with van der Waals surface area (Å²) in [6, 6.07) is 29.4. The molecule has 0 amide bonds. The van der Waals surface area contributed by atoms with Gasteiger partial charge in [0.25, 0.3) is 0 Å². The first kappa shape index (κ1) is 64.6. The quantitative estimate of drug-likeness (QED) is 0.0333. The van der Waals surface area contributed by atoms with E-state index in [4.69, 9.17) is 19.3 Å². The minimum atomic E-state index is -0.928. The van der Waals surface area contributed by atoms with Gasteiger partial charge >= 0.3 is 11.9 Å². The highest BCUT2D eigenvalue weighted by Crippen LogP contribution is 2.47. The first-order chi connectivity index (χ1) is 47.9. The third-order valence-electron chi connectivity index (χ3n) is 23.5. The first-order valence-corrected chi connectivity index (χ1v) is 36.0. The van der Waals surface area contributed by atoms with E-state index in [0.29, 0.717) is 31.5 Å². The fourth-order valence-electron chi connectivity index (χ4n) is 17.6. The van der Waals surface area contributed by atoms with Crippen LogP contribution in [0.25, 0.3) is 32.7 Å². The van der Waals surface area contributed by atoms with E-state index < -0.39 is 11.9 Å². The van der Waals surface area contributed by atoms with Gasteiger partial charge < -0.3 is 39.5 Å². The van der Waals surface area contributed by atoms with Crippen LogP contribution in [0.3, 0.4) is 0 Å². The van der Waals surface area contributed by atoms with Crippen molar-refractivity contribution in [3.05, 3.63) is 187 Å². The van der Waals surface area contributed by atoms with Gasteiger partial charge in [0.15, 0.2) is 0 Å². The predicted molar refractivity (Wildman–Crippen MR) is 381 cm³/mol. The van der Waals surface area contributed by atoms with Crippen LogP contribution in [0.4, 0.5) is 0 Å². The van der Waals surface area contributed by atoms with Crippen molar-refractivity contribution in [2.45, 2.75) is 121 Å². The van der Waals surface area contributed by atoms with Crippen LogP contribution in [0.1, 0.15) is 162 Å². The third-order valence-corrected chi connectivity index (χ3v) is 23.5. The van der Waals surface area contributed by atoms with E-state index in [0.717, 1.165) is 210 Å². The van der Waals surface area contributed by atoms with Gasteiger partial charge in [-0.3, -0.25) is 34.5 Å². The number of nitrogens with one attached hydrogen (secondary N) is 3. The molecular formula is C80H94N10O8. The number of hydrogen-bond acceptors (Lipinski definition) is 13. The van der Waals surface area contributed by atoms with Crippen LogP contribution in [0, 0.1) is 24.7 Å². The van der Waals surface area contributed by atoms with Gasteiger partial charge in [-0.2, -0.15) is 5.10 Å². The summed E-state index contributed by atoms with van der Waals surface area (Å²) in [4.78, 5) is 48.3. The lowest BCUT2D eigenvalue weighted by molar-refractivity contribution is 0.0642. The van der Waals surface area contributed by atoms with E-state index in [9.17, 15) is 24.9 Å². The second kappa shape index (κ2) is 27.2. The molecule has 0 radical (unpaired) electrons. The number of carboxylic acid groups (broad SMARTS) is 2. The fourth-order valence-corrected chi connectivity index (χ4v) is 17.6. The van der Waals surface area contributed by atoms with E-state index in [1.54, 1.807) is 33.5 Å². The molecule has 16 rings (SSSR count). The highest BCUT2D eigenvalue weighted by molar-refractivity contribution is 5.92. The molecule has 3 saturated heterocycles. The highest BCUT2D eigenvalue weighted by Gasteiger charge is 2.40. The number of aromatic carboxylic acids is 2. The zero-order valence-electron chi connectivity index (χ0n) is 57.3. The number of nitrogens with zero attached hydrogens (tertiary/aromatic N) is 7. The van der Waals surface area contributed by atoms with Crippen LogP contribution in [-0.2, 0) is 45.5 Å². The van der Waals surface area contributed by atoms with Gasteiger partial charge in [-0.15, -0.1) is 0 Å². The summed E-state index contributed by atoms with van der Waals surface area (Å²) in [6.07, 6.45) is 16.5. The molecule has 1 unspecified atom stereocenters. The summed E-state index contributed by atoms with van der Waals surface area (Å²) in [5.74, 6) is 2.97. The highest BCUT2D eigenvalue weighted by atomic mass is 16.5. The number of aliphatic hydroxyl groups is 1. The van der Waals surface area contributed by atoms with Crippen LogP contribution in [-0.4, -0.2) is 177 Å². The summed E-state index contributed by atoms with van der Waals surface area (Å²) < 4.78 is 19.0. The van der Waals surface area contributed by atoms with Crippen molar-refractivity contribution in [3.8, 4) is 17.2 Å². The Kier molecular flexibility index (Phi) is 17.9. The smallest absolute Gasteiger partial charge is 0.335 e. The number of H-pyrrole nitrogens is 3. The van der Waals surface area contributed by atoms with Gasteiger partial charge in [0, 0.05) is 179 Å². The topological polar surface area (TPSA) is 202 Å². The number of aromatic nitrogens is 4. The zero-order valence-corrected chi connectivity index (χ0v) is 57.3. The Balaban J connectivity index is 0.690. The Labute approximate surface area is 573 Å². The summed E-state index contributed by atoms with van der Waals surface area (Å²) in [5, 5.41) is 43.4. The second-order valence-corrected chi connectivity index (χ2v) is 29.7. The average molecular weight is 1320 g/mol. The molecule has 6 aromatic carbocycles. The molecule has 6 heterocycles.